The van der Waals surface area contributed by atoms with Gasteiger partial charge in [-0.2, -0.15) is 10.2 Å². The maximum absolute atomic E-state index is 14.3. The molecule has 11 heteroatoms. The predicted molar refractivity (Wildman–Crippen MR) is 170 cm³/mol. The molecule has 3 N–H and O–H groups in total. The fourth-order valence-electron chi connectivity index (χ4n) is 4.99. The zero-order chi connectivity index (χ0) is 30.8. The third kappa shape index (κ3) is 5.01. The lowest BCUT2D eigenvalue weighted by Crippen LogP contribution is -2.33. The van der Waals surface area contributed by atoms with E-state index in [2.05, 4.69) is 38.9 Å². The van der Waals surface area contributed by atoms with E-state index in [0.717, 1.165) is 11.1 Å². The summed E-state index contributed by atoms with van der Waals surface area (Å²) in [7, 11) is 1.64. The van der Waals surface area contributed by atoms with Crippen molar-refractivity contribution in [3.05, 3.63) is 125 Å². The highest BCUT2D eigenvalue weighted by Crippen LogP contribution is 2.26. The Morgan fingerprint density at radius 1 is 1.07 bits per heavy atom. The number of para-hydroxylation sites is 1. The van der Waals surface area contributed by atoms with Gasteiger partial charge in [0.05, 0.1) is 39.9 Å². The van der Waals surface area contributed by atoms with Gasteiger partial charge in [-0.25, -0.2) is 19.2 Å². The van der Waals surface area contributed by atoms with Gasteiger partial charge in [-0.15, -0.1) is 0 Å². The molecule has 1 atom stereocenters. The first-order valence-corrected chi connectivity index (χ1v) is 13.7. The zero-order valence-electron chi connectivity index (χ0n) is 24.0. The summed E-state index contributed by atoms with van der Waals surface area (Å²) in [6, 6.07) is 19.5. The standard InChI is InChI=1S/C33H27N9O2/c1-4-18-35-31-28(29(34)39-40(31)3)32(43)37-21(2)30-38-25-14-10-11-22(16-17-23-20-36-41-19-9-8-15-26(23)41)27(25)33(44)42(30)24-12-6-5-7-13-24/h4-15,18-21H,1H2,2-3H3,(H2,34,39)(H,37,43)/b35-18-. The molecule has 0 radical (unpaired) electrons. The number of hydrogen-bond donors (Lipinski definition) is 2. The van der Waals surface area contributed by atoms with Crippen LogP contribution in [0.1, 0.15) is 40.3 Å². The van der Waals surface area contributed by atoms with E-state index >= 15 is 0 Å². The first-order valence-electron chi connectivity index (χ1n) is 13.7. The molecule has 1 unspecified atom stereocenters. The predicted octanol–water partition coefficient (Wildman–Crippen LogP) is 4.13. The number of rotatable bonds is 6. The Bertz CT molecular complexity index is 2210. The lowest BCUT2D eigenvalue weighted by atomic mass is 10.1. The van der Waals surface area contributed by atoms with Crippen molar-refractivity contribution in [2.75, 3.05) is 5.73 Å². The Labute approximate surface area is 252 Å². The van der Waals surface area contributed by atoms with E-state index in [4.69, 9.17) is 10.7 Å². The van der Waals surface area contributed by atoms with Gasteiger partial charge in [0.25, 0.3) is 11.5 Å². The molecule has 1 amide bonds. The summed E-state index contributed by atoms with van der Waals surface area (Å²) in [4.78, 5) is 36.9. The van der Waals surface area contributed by atoms with Crippen LogP contribution in [0, 0.1) is 11.8 Å². The SMILES string of the molecule is C=C/C=N\c1c(C(=O)NC(C)c2nc3cccc(C#Cc4cnn5ccccc45)c3c(=O)n2-c2ccccc2)c(N)nn1C. The molecule has 4 aromatic heterocycles. The Morgan fingerprint density at radius 2 is 1.84 bits per heavy atom. The summed E-state index contributed by atoms with van der Waals surface area (Å²) < 4.78 is 4.66. The third-order valence-corrected chi connectivity index (χ3v) is 7.00. The Balaban J connectivity index is 1.47. The van der Waals surface area contributed by atoms with E-state index < -0.39 is 11.9 Å². The quantitative estimate of drug-likeness (QED) is 0.224. The number of carbonyl (C=O) groups is 1. The number of amides is 1. The highest BCUT2D eigenvalue weighted by atomic mass is 16.2. The van der Waals surface area contributed by atoms with Crippen LogP contribution in [-0.4, -0.2) is 41.1 Å². The van der Waals surface area contributed by atoms with Crippen molar-refractivity contribution in [2.45, 2.75) is 13.0 Å². The van der Waals surface area contributed by atoms with E-state index in [1.165, 1.54) is 21.5 Å². The van der Waals surface area contributed by atoms with Gasteiger partial charge in [0, 0.05) is 25.0 Å². The molecule has 0 fully saturated rings. The van der Waals surface area contributed by atoms with Crippen molar-refractivity contribution in [2.24, 2.45) is 12.0 Å². The molecule has 6 rings (SSSR count). The lowest BCUT2D eigenvalue weighted by Gasteiger charge is -2.20. The molecule has 6 aromatic rings. The molecule has 216 valence electrons. The number of allylic oxidation sites excluding steroid dienone is 1. The third-order valence-electron chi connectivity index (χ3n) is 7.00. The number of benzene rings is 2. The number of hydrogen-bond acceptors (Lipinski definition) is 7. The number of anilines is 1. The first kappa shape index (κ1) is 27.9. The first-order chi connectivity index (χ1) is 21.4. The van der Waals surface area contributed by atoms with Gasteiger partial charge in [0.1, 0.15) is 11.4 Å². The Kier molecular flexibility index (Phi) is 7.31. The zero-order valence-corrected chi connectivity index (χ0v) is 24.0. The number of nitrogens with one attached hydrogen (secondary N) is 1. The van der Waals surface area contributed by atoms with Crippen molar-refractivity contribution in [1.29, 1.82) is 0 Å². The summed E-state index contributed by atoms with van der Waals surface area (Å²) >= 11 is 0. The van der Waals surface area contributed by atoms with Crippen LogP contribution in [0.15, 0.2) is 102 Å². The molecule has 0 aliphatic rings. The van der Waals surface area contributed by atoms with E-state index in [-0.39, 0.29) is 22.8 Å². The van der Waals surface area contributed by atoms with E-state index in [1.807, 2.05) is 42.6 Å². The monoisotopic (exact) mass is 581 g/mol. The number of aromatic nitrogens is 6. The second-order valence-corrected chi connectivity index (χ2v) is 9.90. The summed E-state index contributed by atoms with van der Waals surface area (Å²) in [5.74, 6) is 6.44. The maximum Gasteiger partial charge on any atom is 0.267 e. The van der Waals surface area contributed by atoms with E-state index in [9.17, 15) is 9.59 Å². The van der Waals surface area contributed by atoms with Gasteiger partial charge < -0.3 is 11.1 Å². The molecule has 11 nitrogen and oxygen atoms in total. The van der Waals surface area contributed by atoms with Gasteiger partial charge in [-0.05, 0) is 43.3 Å². The molecule has 0 saturated heterocycles. The van der Waals surface area contributed by atoms with Crippen LogP contribution in [0.4, 0.5) is 11.6 Å². The number of nitrogen functional groups attached to an aromatic ring is 1. The highest BCUT2D eigenvalue weighted by Gasteiger charge is 2.25. The fourth-order valence-corrected chi connectivity index (χ4v) is 4.99. The number of pyridine rings is 1. The normalized spacial score (nSPS) is 11.9. The summed E-state index contributed by atoms with van der Waals surface area (Å²) in [5.41, 5.74) is 9.02. The van der Waals surface area contributed by atoms with Crippen molar-refractivity contribution in [3.8, 4) is 17.5 Å². The Hall–Kier alpha value is -6.28. The minimum absolute atomic E-state index is 0.0229. The maximum atomic E-state index is 14.3. The van der Waals surface area contributed by atoms with Gasteiger partial charge >= 0.3 is 0 Å². The number of nitrogens with zero attached hydrogens (tertiary/aromatic N) is 7. The molecule has 44 heavy (non-hydrogen) atoms. The van der Waals surface area contributed by atoms with Crippen molar-refractivity contribution in [1.82, 2.24) is 34.3 Å². The second-order valence-electron chi connectivity index (χ2n) is 9.90. The summed E-state index contributed by atoms with van der Waals surface area (Å²) in [5, 5.41) is 11.8. The van der Waals surface area contributed by atoms with Crippen LogP contribution in [-0.2, 0) is 7.05 Å². The number of aryl methyl sites for hydroxylation is 1. The molecule has 2 aromatic carbocycles. The van der Waals surface area contributed by atoms with Crippen molar-refractivity contribution in [3.63, 3.8) is 0 Å². The van der Waals surface area contributed by atoms with Gasteiger partial charge in [-0.1, -0.05) is 54.8 Å². The smallest absolute Gasteiger partial charge is 0.267 e. The average Bonchev–Trinajstić information content (AvgIpc) is 3.57. The van der Waals surface area contributed by atoms with Gasteiger partial charge in [0.2, 0.25) is 0 Å². The van der Waals surface area contributed by atoms with E-state index in [1.54, 1.807) is 55.0 Å². The minimum atomic E-state index is -0.718. The topological polar surface area (TPSA) is 137 Å². The molecule has 0 saturated carbocycles. The van der Waals surface area contributed by atoms with Crippen molar-refractivity contribution < 1.29 is 4.79 Å². The number of carbonyl (C=O) groups excluding carboxylic acids is 1. The number of nitrogens with two attached hydrogens (primary N) is 1. The second kappa shape index (κ2) is 11.5. The fraction of sp³-hybridized carbons (Fsp3) is 0.0909. The molecule has 0 spiro atoms. The molecule has 4 heterocycles. The number of aliphatic imine (C=N–C) groups is 1. The highest BCUT2D eigenvalue weighted by molar-refractivity contribution is 6.03. The molecular formula is C33H27N9O2. The molecular weight excluding hydrogens is 554 g/mol. The van der Waals surface area contributed by atoms with Crippen LogP contribution < -0.4 is 16.6 Å². The van der Waals surface area contributed by atoms with Crippen LogP contribution in [0.5, 0.6) is 0 Å². The lowest BCUT2D eigenvalue weighted by molar-refractivity contribution is 0.0939. The average molecular weight is 582 g/mol. The molecule has 0 aliphatic heterocycles. The minimum Gasteiger partial charge on any atom is -0.381 e. The molecule has 0 aliphatic carbocycles. The van der Waals surface area contributed by atoms with E-state index in [0.29, 0.717) is 28.0 Å². The van der Waals surface area contributed by atoms with Crippen LogP contribution in [0.25, 0.3) is 22.1 Å². The van der Waals surface area contributed by atoms with Crippen LogP contribution >= 0.6 is 0 Å². The van der Waals surface area contributed by atoms with Gasteiger partial charge in [0.15, 0.2) is 11.6 Å². The Morgan fingerprint density at radius 3 is 2.64 bits per heavy atom. The number of fused-ring (bicyclic) bond motifs is 2. The van der Waals surface area contributed by atoms with Crippen LogP contribution in [0.3, 0.4) is 0 Å². The molecule has 0 bridgehead atoms. The summed E-state index contributed by atoms with van der Waals surface area (Å²) in [6.45, 7) is 5.37. The summed E-state index contributed by atoms with van der Waals surface area (Å²) in [6.07, 6.45) is 6.48. The largest absolute Gasteiger partial charge is 0.381 e. The van der Waals surface area contributed by atoms with Crippen LogP contribution in [0.2, 0.25) is 0 Å². The van der Waals surface area contributed by atoms with Crippen molar-refractivity contribution >= 4 is 40.2 Å². The van der Waals surface area contributed by atoms with Gasteiger partial charge in [-0.3, -0.25) is 14.2 Å².